The molecule has 2 aliphatic rings. The van der Waals surface area contributed by atoms with Crippen molar-refractivity contribution in [1.82, 2.24) is 5.32 Å². The summed E-state index contributed by atoms with van der Waals surface area (Å²) < 4.78 is 0. The van der Waals surface area contributed by atoms with Crippen molar-refractivity contribution in [3.8, 4) is 0 Å². The average Bonchev–Trinajstić information content (AvgIpc) is 2.63. The molecule has 0 radical (unpaired) electrons. The number of nitrogens with zero attached hydrogens (tertiary/aromatic N) is 1. The van der Waals surface area contributed by atoms with Crippen LogP contribution in [0.25, 0.3) is 0 Å². The quantitative estimate of drug-likeness (QED) is 0.807. The molecule has 94 valence electrons. The van der Waals surface area contributed by atoms with Gasteiger partial charge in [-0.25, -0.2) is 0 Å². The van der Waals surface area contributed by atoms with Crippen molar-refractivity contribution in [2.45, 2.75) is 44.6 Å². The average molecular weight is 242 g/mol. The molecule has 1 N–H and O–H groups in total. The zero-order valence-electron chi connectivity index (χ0n) is 10.9. The first kappa shape index (κ1) is 11.5. The molecule has 0 saturated heterocycles. The van der Waals surface area contributed by atoms with E-state index in [4.69, 9.17) is 0 Å². The van der Waals surface area contributed by atoms with Gasteiger partial charge in [-0.2, -0.15) is 0 Å². The van der Waals surface area contributed by atoms with Gasteiger partial charge in [-0.15, -0.1) is 0 Å². The van der Waals surface area contributed by atoms with Gasteiger partial charge in [0.25, 0.3) is 5.91 Å². The Hall–Kier alpha value is -1.64. The lowest BCUT2D eigenvalue weighted by molar-refractivity contribution is -0.122. The molecule has 1 aliphatic heterocycles. The minimum absolute atomic E-state index is 0.0144. The van der Waals surface area contributed by atoms with E-state index in [1.165, 1.54) is 11.1 Å². The highest BCUT2D eigenvalue weighted by Gasteiger charge is 2.38. The number of amidine groups is 1. The van der Waals surface area contributed by atoms with E-state index in [-0.39, 0.29) is 11.8 Å². The van der Waals surface area contributed by atoms with E-state index in [0.29, 0.717) is 0 Å². The summed E-state index contributed by atoms with van der Waals surface area (Å²) in [5, 5.41) is 2.97. The number of carbonyl (C=O) groups excluding carboxylic acids is 1. The SMILES string of the molecule is CC1(C)N=C(C2CCCc3ccccc32)NC1=O. The largest absolute Gasteiger partial charge is 0.312 e. The molecule has 0 spiro atoms. The molecule has 3 nitrogen and oxygen atoms in total. The minimum atomic E-state index is -0.609. The van der Waals surface area contributed by atoms with Crippen LogP contribution in [-0.4, -0.2) is 17.3 Å². The van der Waals surface area contributed by atoms with Gasteiger partial charge in [0.1, 0.15) is 11.4 Å². The first-order chi connectivity index (χ1) is 8.58. The fourth-order valence-corrected chi connectivity index (χ4v) is 2.85. The Labute approximate surface area is 107 Å². The smallest absolute Gasteiger partial charge is 0.252 e. The molecular weight excluding hydrogens is 224 g/mol. The van der Waals surface area contributed by atoms with Crippen LogP contribution in [0.2, 0.25) is 0 Å². The maximum Gasteiger partial charge on any atom is 0.252 e. The third-order valence-electron chi connectivity index (χ3n) is 3.90. The molecule has 1 aromatic carbocycles. The first-order valence-corrected chi connectivity index (χ1v) is 6.57. The van der Waals surface area contributed by atoms with Crippen LogP contribution in [0.3, 0.4) is 0 Å². The number of hydrogen-bond acceptors (Lipinski definition) is 2. The molecule has 1 atom stereocenters. The Kier molecular flexibility index (Phi) is 2.51. The van der Waals surface area contributed by atoms with E-state index >= 15 is 0 Å². The fourth-order valence-electron chi connectivity index (χ4n) is 2.85. The number of rotatable bonds is 1. The molecule has 18 heavy (non-hydrogen) atoms. The van der Waals surface area contributed by atoms with Crippen molar-refractivity contribution in [2.24, 2.45) is 4.99 Å². The van der Waals surface area contributed by atoms with E-state index < -0.39 is 5.54 Å². The van der Waals surface area contributed by atoms with Crippen LogP contribution in [0.1, 0.15) is 43.7 Å². The second-order valence-corrected chi connectivity index (χ2v) is 5.65. The number of carbonyl (C=O) groups is 1. The highest BCUT2D eigenvalue weighted by Crippen LogP contribution is 2.34. The summed E-state index contributed by atoms with van der Waals surface area (Å²) >= 11 is 0. The maximum absolute atomic E-state index is 11.8. The number of benzene rings is 1. The summed E-state index contributed by atoms with van der Waals surface area (Å²) in [4.78, 5) is 16.4. The zero-order valence-corrected chi connectivity index (χ0v) is 10.9. The van der Waals surface area contributed by atoms with Crippen LogP contribution in [-0.2, 0) is 11.2 Å². The van der Waals surface area contributed by atoms with Crippen LogP contribution >= 0.6 is 0 Å². The maximum atomic E-state index is 11.8. The highest BCUT2D eigenvalue weighted by molar-refractivity contribution is 6.10. The Morgan fingerprint density at radius 2 is 2.11 bits per heavy atom. The Bertz CT molecular complexity index is 531. The molecule has 1 aromatic rings. The number of aryl methyl sites for hydroxylation is 1. The Morgan fingerprint density at radius 1 is 1.33 bits per heavy atom. The molecular formula is C15H18N2O. The summed E-state index contributed by atoms with van der Waals surface area (Å²) in [6, 6.07) is 8.50. The highest BCUT2D eigenvalue weighted by atomic mass is 16.2. The van der Waals surface area contributed by atoms with Gasteiger partial charge in [-0.1, -0.05) is 24.3 Å². The van der Waals surface area contributed by atoms with Gasteiger partial charge in [-0.3, -0.25) is 9.79 Å². The van der Waals surface area contributed by atoms with Crippen molar-refractivity contribution in [3.63, 3.8) is 0 Å². The summed E-state index contributed by atoms with van der Waals surface area (Å²) in [5.41, 5.74) is 2.12. The van der Waals surface area contributed by atoms with Crippen LogP contribution in [0.4, 0.5) is 0 Å². The molecule has 3 rings (SSSR count). The number of aliphatic imine (C=N–C) groups is 1. The number of hydrogen-bond donors (Lipinski definition) is 1. The summed E-state index contributed by atoms with van der Waals surface area (Å²) in [5.74, 6) is 1.14. The third-order valence-corrected chi connectivity index (χ3v) is 3.90. The molecule has 0 bridgehead atoms. The van der Waals surface area contributed by atoms with E-state index in [9.17, 15) is 4.79 Å². The van der Waals surface area contributed by atoms with Crippen LogP contribution in [0.15, 0.2) is 29.3 Å². The number of amides is 1. The predicted octanol–water partition coefficient (Wildman–Crippen LogP) is 2.41. The summed E-state index contributed by atoms with van der Waals surface area (Å²) in [6.07, 6.45) is 3.38. The fraction of sp³-hybridized carbons (Fsp3) is 0.467. The lowest BCUT2D eigenvalue weighted by atomic mass is 9.82. The third kappa shape index (κ3) is 1.74. The number of fused-ring (bicyclic) bond motifs is 1. The van der Waals surface area contributed by atoms with E-state index in [0.717, 1.165) is 25.1 Å². The second kappa shape index (κ2) is 3.94. The van der Waals surface area contributed by atoms with Crippen LogP contribution in [0.5, 0.6) is 0 Å². The molecule has 3 heteroatoms. The second-order valence-electron chi connectivity index (χ2n) is 5.65. The molecule has 0 saturated carbocycles. The molecule has 0 aromatic heterocycles. The van der Waals surface area contributed by atoms with Gasteiger partial charge in [0, 0.05) is 5.92 Å². The van der Waals surface area contributed by atoms with E-state index in [1.807, 2.05) is 13.8 Å². The van der Waals surface area contributed by atoms with Crippen molar-refractivity contribution >= 4 is 11.7 Å². The lowest BCUT2D eigenvalue weighted by Gasteiger charge is -2.25. The van der Waals surface area contributed by atoms with Crippen LogP contribution < -0.4 is 5.32 Å². The Balaban J connectivity index is 1.99. The van der Waals surface area contributed by atoms with Crippen molar-refractivity contribution < 1.29 is 4.79 Å². The van der Waals surface area contributed by atoms with Crippen molar-refractivity contribution in [3.05, 3.63) is 35.4 Å². The monoisotopic (exact) mass is 242 g/mol. The van der Waals surface area contributed by atoms with Gasteiger partial charge in [0.05, 0.1) is 0 Å². The van der Waals surface area contributed by atoms with E-state index in [2.05, 4.69) is 34.6 Å². The normalized spacial score (nSPS) is 25.3. The molecule has 0 fully saturated rings. The molecule has 1 unspecified atom stereocenters. The van der Waals surface area contributed by atoms with Gasteiger partial charge < -0.3 is 5.32 Å². The van der Waals surface area contributed by atoms with Gasteiger partial charge in [0.15, 0.2) is 0 Å². The van der Waals surface area contributed by atoms with Gasteiger partial charge in [0.2, 0.25) is 0 Å². The minimum Gasteiger partial charge on any atom is -0.312 e. The van der Waals surface area contributed by atoms with Crippen LogP contribution in [0, 0.1) is 0 Å². The molecule has 1 heterocycles. The molecule has 1 aliphatic carbocycles. The summed E-state index contributed by atoms with van der Waals surface area (Å²) in [6.45, 7) is 3.73. The lowest BCUT2D eigenvalue weighted by Crippen LogP contribution is -2.36. The van der Waals surface area contributed by atoms with Gasteiger partial charge >= 0.3 is 0 Å². The topological polar surface area (TPSA) is 41.5 Å². The standard InChI is InChI=1S/C15H18N2O/c1-15(2)14(18)16-13(17-15)12-9-5-7-10-6-3-4-8-11(10)12/h3-4,6,8,12H,5,7,9H2,1-2H3,(H,16,17,18). The van der Waals surface area contributed by atoms with Gasteiger partial charge in [-0.05, 0) is 44.2 Å². The summed E-state index contributed by atoms with van der Waals surface area (Å²) in [7, 11) is 0. The van der Waals surface area contributed by atoms with E-state index in [1.54, 1.807) is 0 Å². The predicted molar refractivity (Wildman–Crippen MR) is 71.8 cm³/mol. The van der Waals surface area contributed by atoms with Crippen molar-refractivity contribution in [2.75, 3.05) is 0 Å². The first-order valence-electron chi connectivity index (χ1n) is 6.57. The van der Waals surface area contributed by atoms with Crippen molar-refractivity contribution in [1.29, 1.82) is 0 Å². The molecule has 1 amide bonds. The number of nitrogens with one attached hydrogen (secondary N) is 1. The Morgan fingerprint density at radius 3 is 2.83 bits per heavy atom. The zero-order chi connectivity index (χ0) is 12.8.